The molecule has 0 spiro atoms. The van der Waals surface area contributed by atoms with E-state index in [4.69, 9.17) is 4.74 Å². The largest absolute Gasteiger partial charge is 0.379 e. The first-order valence-electron chi connectivity index (χ1n) is 10.2. The van der Waals surface area contributed by atoms with Gasteiger partial charge in [-0.2, -0.15) is 4.31 Å². The molecule has 174 valence electrons. The number of hydrogen-bond acceptors (Lipinski definition) is 6. The number of ether oxygens (including phenoxy) is 1. The fraction of sp³-hybridized carbons (Fsp3) is 0.286. The molecular weight excluding hydrogens is 455 g/mol. The summed E-state index contributed by atoms with van der Waals surface area (Å²) < 4.78 is 47.4. The van der Waals surface area contributed by atoms with Crippen LogP contribution in [0.4, 0.5) is 10.1 Å². The summed E-state index contributed by atoms with van der Waals surface area (Å²) in [7, 11) is -4.11. The third-order valence-corrected chi connectivity index (χ3v) is 7.25. The van der Waals surface area contributed by atoms with Crippen LogP contribution in [-0.4, -0.2) is 54.5 Å². The van der Waals surface area contributed by atoms with E-state index in [0.717, 1.165) is 21.0 Å². The van der Waals surface area contributed by atoms with Gasteiger partial charge in [-0.15, -0.1) is 0 Å². The first kappa shape index (κ1) is 22.8. The smallest absolute Gasteiger partial charge is 0.328 e. The van der Waals surface area contributed by atoms with Gasteiger partial charge in [-0.1, -0.05) is 0 Å². The van der Waals surface area contributed by atoms with E-state index < -0.39 is 37.9 Å². The van der Waals surface area contributed by atoms with Gasteiger partial charge in [0.25, 0.3) is 11.5 Å². The highest BCUT2D eigenvalue weighted by Gasteiger charge is 2.29. The molecule has 10 nitrogen and oxygen atoms in total. The molecule has 1 saturated heterocycles. The van der Waals surface area contributed by atoms with Crippen LogP contribution in [0, 0.1) is 5.82 Å². The summed E-state index contributed by atoms with van der Waals surface area (Å²) in [5, 5.41) is 2.77. The van der Waals surface area contributed by atoms with Gasteiger partial charge in [-0.05, 0) is 43.3 Å². The molecule has 3 aromatic rings. The van der Waals surface area contributed by atoms with Gasteiger partial charge < -0.3 is 15.0 Å². The molecule has 0 unspecified atom stereocenters. The number of morpholine rings is 1. The van der Waals surface area contributed by atoms with Crippen LogP contribution in [0.2, 0.25) is 0 Å². The second-order valence-corrected chi connectivity index (χ2v) is 9.26. The van der Waals surface area contributed by atoms with Gasteiger partial charge in [-0.3, -0.25) is 14.2 Å². The third-order valence-electron chi connectivity index (χ3n) is 5.34. The minimum Gasteiger partial charge on any atom is -0.379 e. The van der Waals surface area contributed by atoms with E-state index in [9.17, 15) is 27.2 Å². The monoisotopic (exact) mass is 476 g/mol. The molecule has 12 heteroatoms. The molecule has 0 atom stereocenters. The van der Waals surface area contributed by atoms with Gasteiger partial charge >= 0.3 is 5.69 Å². The van der Waals surface area contributed by atoms with Crippen LogP contribution in [0.5, 0.6) is 0 Å². The predicted molar refractivity (Wildman–Crippen MR) is 118 cm³/mol. The number of nitrogens with zero attached hydrogens (tertiary/aromatic N) is 2. The lowest BCUT2D eigenvalue weighted by Gasteiger charge is -2.26. The topological polar surface area (TPSA) is 131 Å². The Hall–Kier alpha value is -3.35. The van der Waals surface area contributed by atoms with E-state index in [1.807, 2.05) is 0 Å². The van der Waals surface area contributed by atoms with Gasteiger partial charge in [-0.25, -0.2) is 17.6 Å². The lowest BCUT2D eigenvalue weighted by atomic mass is 10.1. The van der Waals surface area contributed by atoms with E-state index in [0.29, 0.717) is 0 Å². The standard InChI is InChI=1S/C21H21FN4O6S/c1-2-26-20(28)15-5-3-13(11-17(15)24-21(26)29)19(27)23-14-4-6-16(22)18(12-14)33(30,31)25-7-9-32-10-8-25/h3-6,11-12H,2,7-10H2,1H3,(H,23,27)(H,24,29). The van der Waals surface area contributed by atoms with Crippen molar-refractivity contribution >= 4 is 32.5 Å². The zero-order valence-electron chi connectivity index (χ0n) is 17.6. The molecule has 0 saturated carbocycles. The third kappa shape index (κ3) is 4.32. The quantitative estimate of drug-likeness (QED) is 0.568. The average Bonchev–Trinajstić information content (AvgIpc) is 2.80. The first-order valence-corrected chi connectivity index (χ1v) is 11.6. The normalized spacial score (nSPS) is 15.0. The number of rotatable bonds is 5. The van der Waals surface area contributed by atoms with Crippen LogP contribution in [0.3, 0.4) is 0 Å². The molecule has 1 aliphatic heterocycles. The second kappa shape index (κ2) is 8.89. The van der Waals surface area contributed by atoms with Crippen molar-refractivity contribution in [2.45, 2.75) is 18.4 Å². The summed E-state index contributed by atoms with van der Waals surface area (Å²) in [4.78, 5) is 39.2. The van der Waals surface area contributed by atoms with Crippen molar-refractivity contribution in [3.63, 3.8) is 0 Å². The number of H-pyrrole nitrogens is 1. The van der Waals surface area contributed by atoms with Crippen molar-refractivity contribution in [2.24, 2.45) is 0 Å². The van der Waals surface area contributed by atoms with Crippen molar-refractivity contribution in [2.75, 3.05) is 31.6 Å². The number of aromatic amines is 1. The van der Waals surface area contributed by atoms with Crippen LogP contribution < -0.4 is 16.6 Å². The zero-order valence-corrected chi connectivity index (χ0v) is 18.4. The summed E-state index contributed by atoms with van der Waals surface area (Å²) >= 11 is 0. The highest BCUT2D eigenvalue weighted by molar-refractivity contribution is 7.89. The number of carbonyl (C=O) groups excluding carboxylic acids is 1. The molecule has 1 amide bonds. The first-order chi connectivity index (χ1) is 15.7. The lowest BCUT2D eigenvalue weighted by molar-refractivity contribution is 0.0729. The number of halogens is 1. The number of fused-ring (bicyclic) bond motifs is 1. The Bertz CT molecular complexity index is 1460. The Balaban J connectivity index is 1.64. The van der Waals surface area contributed by atoms with Crippen molar-refractivity contribution in [1.82, 2.24) is 13.9 Å². The fourth-order valence-corrected chi connectivity index (χ4v) is 5.09. The summed E-state index contributed by atoms with van der Waals surface area (Å²) in [6, 6.07) is 7.45. The maximum Gasteiger partial charge on any atom is 0.328 e. The number of aromatic nitrogens is 2. The molecule has 2 aromatic carbocycles. The van der Waals surface area contributed by atoms with Crippen molar-refractivity contribution in [3.8, 4) is 0 Å². The zero-order chi connectivity index (χ0) is 23.8. The molecule has 33 heavy (non-hydrogen) atoms. The number of sulfonamides is 1. The molecule has 0 bridgehead atoms. The lowest BCUT2D eigenvalue weighted by Crippen LogP contribution is -2.40. The number of nitrogens with one attached hydrogen (secondary N) is 2. The molecule has 2 N–H and O–H groups in total. The summed E-state index contributed by atoms with van der Waals surface area (Å²) in [5.41, 5.74) is -0.683. The highest BCUT2D eigenvalue weighted by Crippen LogP contribution is 2.24. The minimum atomic E-state index is -4.11. The van der Waals surface area contributed by atoms with Crippen molar-refractivity contribution in [1.29, 1.82) is 0 Å². The Kier molecular flexibility index (Phi) is 6.15. The van der Waals surface area contributed by atoms with E-state index in [2.05, 4.69) is 10.3 Å². The number of carbonyl (C=O) groups is 1. The molecule has 0 radical (unpaired) electrons. The second-order valence-electron chi connectivity index (χ2n) is 7.36. The van der Waals surface area contributed by atoms with E-state index >= 15 is 0 Å². The van der Waals surface area contributed by atoms with Crippen LogP contribution in [0.25, 0.3) is 10.9 Å². The van der Waals surface area contributed by atoms with Crippen molar-refractivity contribution < 1.29 is 22.3 Å². The van der Waals surface area contributed by atoms with Crippen LogP contribution in [0.15, 0.2) is 50.9 Å². The Morgan fingerprint density at radius 3 is 2.58 bits per heavy atom. The molecule has 4 rings (SSSR count). The number of hydrogen-bond donors (Lipinski definition) is 2. The van der Waals surface area contributed by atoms with Crippen LogP contribution in [0.1, 0.15) is 17.3 Å². The van der Waals surface area contributed by atoms with Gasteiger partial charge in [0.15, 0.2) is 0 Å². The Morgan fingerprint density at radius 2 is 1.88 bits per heavy atom. The average molecular weight is 476 g/mol. The van der Waals surface area contributed by atoms with Gasteiger partial charge in [0.1, 0.15) is 10.7 Å². The SMILES string of the molecule is CCn1c(=O)[nH]c2cc(C(=O)Nc3ccc(F)c(S(=O)(=O)N4CCOCC4)c3)ccc2c1=O. The molecular formula is C21H21FN4O6S. The number of benzene rings is 2. The fourth-order valence-electron chi connectivity index (χ4n) is 3.59. The van der Waals surface area contributed by atoms with E-state index in [-0.39, 0.29) is 55.0 Å². The molecule has 1 aromatic heterocycles. The number of anilines is 1. The number of amides is 1. The molecule has 1 fully saturated rings. The van der Waals surface area contributed by atoms with E-state index in [1.54, 1.807) is 6.92 Å². The summed E-state index contributed by atoms with van der Waals surface area (Å²) in [5.74, 6) is -1.56. The van der Waals surface area contributed by atoms with Crippen LogP contribution >= 0.6 is 0 Å². The van der Waals surface area contributed by atoms with Crippen LogP contribution in [-0.2, 0) is 21.3 Å². The van der Waals surface area contributed by atoms with Gasteiger partial charge in [0.2, 0.25) is 10.0 Å². The maximum atomic E-state index is 14.4. The molecule has 0 aliphatic carbocycles. The van der Waals surface area contributed by atoms with Gasteiger partial charge in [0, 0.05) is 30.9 Å². The summed E-state index contributed by atoms with van der Waals surface area (Å²) in [6.45, 7) is 2.50. The predicted octanol–water partition coefficient (Wildman–Crippen LogP) is 1.12. The maximum absolute atomic E-state index is 14.4. The Morgan fingerprint density at radius 1 is 1.15 bits per heavy atom. The van der Waals surface area contributed by atoms with E-state index in [1.165, 1.54) is 24.3 Å². The molecule has 1 aliphatic rings. The van der Waals surface area contributed by atoms with Crippen molar-refractivity contribution in [3.05, 3.63) is 68.6 Å². The molecule has 2 heterocycles. The minimum absolute atomic E-state index is 0.0724. The highest BCUT2D eigenvalue weighted by atomic mass is 32.2. The Labute approximate surface area is 187 Å². The summed E-state index contributed by atoms with van der Waals surface area (Å²) in [6.07, 6.45) is 0. The van der Waals surface area contributed by atoms with Gasteiger partial charge in [0.05, 0.1) is 24.1 Å².